The molecular formula is C71H68N6O7Pt4-4. The van der Waals surface area contributed by atoms with Crippen molar-refractivity contribution in [1.29, 1.82) is 0 Å². The van der Waals surface area contributed by atoms with E-state index in [1.54, 1.807) is 76.6 Å². The Hall–Kier alpha value is -7.14. The quantitative estimate of drug-likeness (QED) is 0.0475. The van der Waals surface area contributed by atoms with E-state index in [-0.39, 0.29) is 120 Å². The fraction of sp³-hybridized carbons (Fsp3) is 0.141. The maximum Gasteiger partial charge on any atom is 0.354 e. The monoisotopic (exact) mass is 1900 g/mol. The smallest absolute Gasteiger partial charge is 0.354 e. The fourth-order valence-corrected chi connectivity index (χ4v) is 7.63. The summed E-state index contributed by atoms with van der Waals surface area (Å²) in [7, 11) is 0. The first-order valence-corrected chi connectivity index (χ1v) is 26.9. The minimum absolute atomic E-state index is 0. The summed E-state index contributed by atoms with van der Waals surface area (Å²) in [5, 5.41) is 58.3. The molecule has 4 unspecified atom stereocenters. The summed E-state index contributed by atoms with van der Waals surface area (Å²) in [6, 6.07) is 78.6. The third kappa shape index (κ3) is 29.7. The van der Waals surface area contributed by atoms with Gasteiger partial charge in [0.05, 0.1) is 24.4 Å². The van der Waals surface area contributed by atoms with E-state index in [1.165, 1.54) is 33.8 Å². The maximum atomic E-state index is 10.1. The number of aliphatic hydroxyl groups excluding tert-OH is 5. The third-order valence-corrected chi connectivity index (χ3v) is 11.3. The number of hydrogen-bond acceptors (Lipinski definition) is 12. The summed E-state index contributed by atoms with van der Waals surface area (Å²) in [6.45, 7) is 9.96. The second-order valence-corrected chi connectivity index (χ2v) is 18.6. The van der Waals surface area contributed by atoms with Gasteiger partial charge in [-0.25, -0.2) is 9.78 Å². The zero-order valence-corrected chi connectivity index (χ0v) is 57.7. The van der Waals surface area contributed by atoms with Gasteiger partial charge in [0, 0.05) is 121 Å². The van der Waals surface area contributed by atoms with Crippen molar-refractivity contribution in [1.82, 2.24) is 29.9 Å². The predicted molar refractivity (Wildman–Crippen MR) is 336 cm³/mol. The molecule has 6 N–H and O–H groups in total. The minimum Gasteiger partial charge on any atom is -0.506 e. The van der Waals surface area contributed by atoms with E-state index in [0.717, 1.165) is 44.3 Å². The number of aromatic nitrogens is 6. The summed E-state index contributed by atoms with van der Waals surface area (Å²) in [6.07, 6.45) is 9.72. The Labute approximate surface area is 572 Å². The molecule has 0 saturated heterocycles. The number of aromatic carboxylic acids is 1. The Balaban J connectivity index is 0.000000506. The molecule has 0 aliphatic rings. The van der Waals surface area contributed by atoms with Crippen LogP contribution in [0.3, 0.4) is 0 Å². The van der Waals surface area contributed by atoms with Crippen molar-refractivity contribution in [3.05, 3.63) is 286 Å². The first-order chi connectivity index (χ1) is 40.7. The molecule has 88 heavy (non-hydrogen) atoms. The Morgan fingerprint density at radius 3 is 0.989 bits per heavy atom. The molecule has 6 heterocycles. The maximum absolute atomic E-state index is 10.1. The number of carbonyl (C=O) groups is 1. The molecule has 17 heteroatoms. The number of hydrogen-bond donors (Lipinski definition) is 6. The van der Waals surface area contributed by atoms with Crippen molar-refractivity contribution >= 4 is 55.1 Å². The van der Waals surface area contributed by atoms with Gasteiger partial charge in [-0.3, -0.25) is 4.98 Å². The molecule has 0 amide bonds. The molecule has 0 saturated carbocycles. The molecule has 12 rings (SSSR count). The largest absolute Gasteiger partial charge is 0.506 e. The minimum atomic E-state index is -0.990. The van der Waals surface area contributed by atoms with Gasteiger partial charge >= 0.3 is 5.97 Å². The molecule has 468 valence electrons. The Kier molecular flexibility index (Phi) is 40.5. The summed E-state index contributed by atoms with van der Waals surface area (Å²) in [4.78, 5) is 34.7. The molecule has 0 bridgehead atoms. The molecule has 6 aromatic carbocycles. The van der Waals surface area contributed by atoms with Crippen LogP contribution in [-0.2, 0) is 84.3 Å². The standard InChI is InChI=1S/2C13H8N.2C11H8N.C7H7NO.C6H5NO2.2C5H12O2.4Pt/c2*1-2-6-12-10(4-1)7-8-11-5-3-9-14-13(11)12;2*1-2-6-10(7-3-1)11-8-4-5-9-12-11;1-6(9)7-4-2-3-5-8-7;8-6(9)5-3-1-2-4-7-5;2*1-4(6)3-5(2)7;;;;/h2*1-5,7-9H;2*1-6,8-9H;2-5,9H,1H2;1-4H,(H,8,9);2*4-7H,3H2,1-2H3;;;;/q4*-1;;;;;;;;. The van der Waals surface area contributed by atoms with Crippen molar-refractivity contribution in [3.8, 4) is 22.5 Å². The van der Waals surface area contributed by atoms with E-state index in [9.17, 15) is 4.79 Å². The van der Waals surface area contributed by atoms with Crippen LogP contribution < -0.4 is 0 Å². The van der Waals surface area contributed by atoms with Gasteiger partial charge in [-0.05, 0) is 122 Å². The number of pyridine rings is 6. The van der Waals surface area contributed by atoms with Crippen LogP contribution in [0.15, 0.2) is 250 Å². The Morgan fingerprint density at radius 1 is 0.375 bits per heavy atom. The van der Waals surface area contributed by atoms with Crippen LogP contribution in [0.25, 0.3) is 71.6 Å². The Morgan fingerprint density at radius 2 is 0.705 bits per heavy atom. The number of rotatable bonds is 8. The first kappa shape index (κ1) is 78.9. The molecule has 13 nitrogen and oxygen atoms in total. The van der Waals surface area contributed by atoms with Crippen molar-refractivity contribution in [2.75, 3.05) is 0 Å². The van der Waals surface area contributed by atoms with Gasteiger partial charge in [-0.1, -0.05) is 79.4 Å². The van der Waals surface area contributed by atoms with Crippen molar-refractivity contribution in [2.24, 2.45) is 0 Å². The Bertz CT molecular complexity index is 3330. The normalized spacial score (nSPS) is 10.9. The second kappa shape index (κ2) is 45.2. The fourth-order valence-electron chi connectivity index (χ4n) is 7.63. The van der Waals surface area contributed by atoms with Crippen LogP contribution in [-0.4, -0.2) is 90.9 Å². The molecule has 4 atom stereocenters. The molecule has 0 spiro atoms. The number of carboxylic acid groups (broad SMARTS) is 1. The number of nitrogens with zero attached hydrogens (tertiary/aromatic N) is 6. The van der Waals surface area contributed by atoms with Crippen molar-refractivity contribution in [2.45, 2.75) is 65.0 Å². The summed E-state index contributed by atoms with van der Waals surface area (Å²) >= 11 is 0. The van der Waals surface area contributed by atoms with E-state index in [4.69, 9.17) is 30.6 Å². The molecule has 12 aromatic rings. The number of benzene rings is 6. The molecule has 0 aliphatic heterocycles. The van der Waals surface area contributed by atoms with Crippen LogP contribution >= 0.6 is 0 Å². The summed E-state index contributed by atoms with van der Waals surface area (Å²) in [5.74, 6) is -0.980. The molecule has 0 fully saturated rings. The van der Waals surface area contributed by atoms with Gasteiger partial charge in [0.25, 0.3) is 0 Å². The SMILES string of the molecule is C=C(O)c1ccccn1.CC(O)CC(C)O.CC(O)CC(C)O.O=C(O)c1ccccn1.[Pt].[Pt].[Pt].[Pt].[c-]1cccc2ccc3cccnc3c12.[c-]1cccc2ccc3cccnc3c12.[c-]1ccccc1-c1ccccn1.[c-]1ccccc1-c1ccccn1. The van der Waals surface area contributed by atoms with E-state index < -0.39 is 5.97 Å². The van der Waals surface area contributed by atoms with Gasteiger partial charge < -0.3 is 50.6 Å². The zero-order chi connectivity index (χ0) is 60.3. The topological polar surface area (TPSA) is 216 Å². The first-order valence-electron chi connectivity index (χ1n) is 26.9. The number of aliphatic hydroxyl groups is 5. The van der Waals surface area contributed by atoms with E-state index in [1.807, 2.05) is 134 Å². The third-order valence-electron chi connectivity index (χ3n) is 11.3. The predicted octanol–water partition coefficient (Wildman–Crippen LogP) is 14.1. The molecule has 6 aromatic heterocycles. The van der Waals surface area contributed by atoms with Crippen LogP contribution in [0.5, 0.6) is 0 Å². The molecule has 0 aliphatic carbocycles. The molecule has 0 radical (unpaired) electrons. The van der Waals surface area contributed by atoms with Gasteiger partial charge in [0.1, 0.15) is 17.1 Å². The van der Waals surface area contributed by atoms with Gasteiger partial charge in [0.2, 0.25) is 0 Å². The second-order valence-electron chi connectivity index (χ2n) is 18.6. The van der Waals surface area contributed by atoms with Gasteiger partial charge in [-0.15, -0.1) is 142 Å². The zero-order valence-electron chi connectivity index (χ0n) is 48.6. The van der Waals surface area contributed by atoms with Crippen LogP contribution in [0.4, 0.5) is 0 Å². The van der Waals surface area contributed by atoms with Crippen molar-refractivity contribution < 1.29 is 120 Å². The van der Waals surface area contributed by atoms with E-state index in [0.29, 0.717) is 18.5 Å². The summed E-state index contributed by atoms with van der Waals surface area (Å²) in [5.41, 5.74) is 6.69. The van der Waals surface area contributed by atoms with Crippen LogP contribution in [0.1, 0.15) is 56.7 Å². The average Bonchev–Trinajstić information content (AvgIpc) is 3.70. The average molecular weight is 1900 g/mol. The van der Waals surface area contributed by atoms with Crippen LogP contribution in [0, 0.1) is 24.3 Å². The van der Waals surface area contributed by atoms with Gasteiger partial charge in [-0.2, -0.15) is 0 Å². The van der Waals surface area contributed by atoms with E-state index in [2.05, 4.69) is 109 Å². The van der Waals surface area contributed by atoms with Gasteiger partial charge in [0.15, 0.2) is 0 Å². The summed E-state index contributed by atoms with van der Waals surface area (Å²) < 4.78 is 0. The van der Waals surface area contributed by atoms with E-state index >= 15 is 0 Å². The van der Waals surface area contributed by atoms with Crippen molar-refractivity contribution in [3.63, 3.8) is 0 Å². The molecular weight excluding hydrogens is 1830 g/mol. The number of carboxylic acids is 1. The number of fused-ring (bicyclic) bond motifs is 6. The van der Waals surface area contributed by atoms with Crippen LogP contribution in [0.2, 0.25) is 0 Å².